The summed E-state index contributed by atoms with van der Waals surface area (Å²) in [6.45, 7) is 7.26. The molecule has 0 aliphatic heterocycles. The lowest BCUT2D eigenvalue weighted by molar-refractivity contribution is -0.118. The summed E-state index contributed by atoms with van der Waals surface area (Å²) in [5.41, 5.74) is 2.87. The van der Waals surface area contributed by atoms with E-state index in [1.54, 1.807) is 44.7 Å². The summed E-state index contributed by atoms with van der Waals surface area (Å²) in [5, 5.41) is 7.39. The van der Waals surface area contributed by atoms with Crippen LogP contribution >= 0.6 is 0 Å². The summed E-state index contributed by atoms with van der Waals surface area (Å²) < 4.78 is 7.09. The number of anilines is 1. The molecule has 29 heavy (non-hydrogen) atoms. The molecule has 2 aromatic carbocycles. The van der Waals surface area contributed by atoms with Crippen molar-refractivity contribution in [3.8, 4) is 22.6 Å². The highest BCUT2D eigenvalue weighted by atomic mass is 16.5. The molecule has 0 radical (unpaired) electrons. The summed E-state index contributed by atoms with van der Waals surface area (Å²) in [6.07, 6.45) is 0. The van der Waals surface area contributed by atoms with Gasteiger partial charge in [-0.15, -0.1) is 0 Å². The second-order valence-electron chi connectivity index (χ2n) is 7.23. The van der Waals surface area contributed by atoms with Crippen molar-refractivity contribution < 1.29 is 9.53 Å². The van der Waals surface area contributed by atoms with E-state index in [9.17, 15) is 9.59 Å². The topological polar surface area (TPSA) is 73.2 Å². The van der Waals surface area contributed by atoms with Gasteiger partial charge in [0.2, 0.25) is 11.3 Å². The third kappa shape index (κ3) is 4.06. The van der Waals surface area contributed by atoms with Crippen LogP contribution in [0.5, 0.6) is 5.75 Å². The van der Waals surface area contributed by atoms with Crippen molar-refractivity contribution in [1.29, 1.82) is 0 Å². The highest BCUT2D eigenvalue weighted by Crippen LogP contribution is 2.33. The van der Waals surface area contributed by atoms with Gasteiger partial charge in [-0.25, -0.2) is 4.68 Å². The number of nitrogens with one attached hydrogen (secondary N) is 1. The zero-order valence-electron chi connectivity index (χ0n) is 17.3. The number of nitrogens with zero attached hydrogens (tertiary/aromatic N) is 2. The highest BCUT2D eigenvalue weighted by molar-refractivity contribution is 5.96. The van der Waals surface area contributed by atoms with Gasteiger partial charge in [-0.05, 0) is 32.0 Å². The largest absolute Gasteiger partial charge is 0.496 e. The molecule has 6 nitrogen and oxygen atoms in total. The van der Waals surface area contributed by atoms with Crippen LogP contribution in [0, 0.1) is 19.8 Å². The van der Waals surface area contributed by atoms with E-state index in [-0.39, 0.29) is 17.3 Å². The maximum absolute atomic E-state index is 13.2. The predicted molar refractivity (Wildman–Crippen MR) is 115 cm³/mol. The molecule has 6 heteroatoms. The number of carbonyl (C=O) groups is 1. The van der Waals surface area contributed by atoms with Crippen molar-refractivity contribution in [2.45, 2.75) is 27.7 Å². The number of rotatable bonds is 5. The molecule has 3 rings (SSSR count). The fraction of sp³-hybridized carbons (Fsp3) is 0.261. The third-order valence-electron chi connectivity index (χ3n) is 4.68. The number of amides is 1. The number of methoxy groups -OCH3 is 1. The number of para-hydroxylation sites is 1. The Morgan fingerprint density at radius 2 is 1.72 bits per heavy atom. The Balaban J connectivity index is 2.38. The normalized spacial score (nSPS) is 10.8. The highest BCUT2D eigenvalue weighted by Gasteiger charge is 2.23. The molecule has 0 saturated carbocycles. The minimum Gasteiger partial charge on any atom is -0.496 e. The zero-order valence-corrected chi connectivity index (χ0v) is 17.3. The minimum atomic E-state index is -0.261. The van der Waals surface area contributed by atoms with E-state index in [1.165, 1.54) is 0 Å². The quantitative estimate of drug-likeness (QED) is 0.710. The van der Waals surface area contributed by atoms with E-state index in [0.717, 1.165) is 11.3 Å². The van der Waals surface area contributed by atoms with Gasteiger partial charge in [-0.3, -0.25) is 9.59 Å². The van der Waals surface area contributed by atoms with Gasteiger partial charge < -0.3 is 10.1 Å². The standard InChI is InChI=1S/C23H25N3O3/c1-14(2)23(28)24-22-20(18-8-6-7-9-19(18)29-5)21(27)16(4)25-26(22)17-12-10-15(3)11-13-17/h6-14H,1-5H3,(H,24,28). The Bertz CT molecular complexity index is 1100. The van der Waals surface area contributed by atoms with Crippen LogP contribution < -0.4 is 15.5 Å². The molecular weight excluding hydrogens is 366 g/mol. The SMILES string of the molecule is COc1ccccc1-c1c(NC(=O)C(C)C)n(-c2ccc(C)cc2)nc(C)c1=O. The summed E-state index contributed by atoms with van der Waals surface area (Å²) in [6, 6.07) is 15.0. The van der Waals surface area contributed by atoms with Gasteiger partial charge >= 0.3 is 0 Å². The molecule has 0 fully saturated rings. The Morgan fingerprint density at radius 1 is 1.07 bits per heavy atom. The van der Waals surface area contributed by atoms with Gasteiger partial charge in [-0.1, -0.05) is 49.7 Å². The van der Waals surface area contributed by atoms with Crippen LogP contribution in [0.1, 0.15) is 25.1 Å². The lowest BCUT2D eigenvalue weighted by Crippen LogP contribution is -2.27. The summed E-state index contributed by atoms with van der Waals surface area (Å²) in [7, 11) is 1.55. The number of aromatic nitrogens is 2. The summed E-state index contributed by atoms with van der Waals surface area (Å²) in [5.74, 6) is 0.411. The number of hydrogen-bond donors (Lipinski definition) is 1. The van der Waals surface area contributed by atoms with E-state index in [2.05, 4.69) is 10.4 Å². The van der Waals surface area contributed by atoms with Crippen molar-refractivity contribution >= 4 is 11.7 Å². The van der Waals surface area contributed by atoms with Gasteiger partial charge in [0, 0.05) is 11.5 Å². The maximum atomic E-state index is 13.2. The zero-order chi connectivity index (χ0) is 21.1. The second kappa shape index (κ2) is 8.31. The molecule has 0 aliphatic rings. The average Bonchev–Trinajstić information content (AvgIpc) is 2.71. The van der Waals surface area contributed by atoms with E-state index in [1.807, 2.05) is 43.3 Å². The van der Waals surface area contributed by atoms with Crippen molar-refractivity contribution in [1.82, 2.24) is 9.78 Å². The first-order valence-electron chi connectivity index (χ1n) is 9.48. The average molecular weight is 391 g/mol. The van der Waals surface area contributed by atoms with Crippen molar-refractivity contribution in [3.63, 3.8) is 0 Å². The Labute approximate surface area is 170 Å². The molecule has 1 aromatic heterocycles. The van der Waals surface area contributed by atoms with Gasteiger partial charge in [0.15, 0.2) is 0 Å². The molecule has 0 bridgehead atoms. The molecule has 0 spiro atoms. The van der Waals surface area contributed by atoms with E-state index in [4.69, 9.17) is 4.74 Å². The van der Waals surface area contributed by atoms with Crippen LogP contribution in [0.25, 0.3) is 16.8 Å². The van der Waals surface area contributed by atoms with Crippen LogP contribution in [-0.2, 0) is 4.79 Å². The smallest absolute Gasteiger partial charge is 0.228 e. The molecule has 1 N–H and O–H groups in total. The maximum Gasteiger partial charge on any atom is 0.228 e. The molecule has 0 atom stereocenters. The number of aryl methyl sites for hydroxylation is 2. The molecule has 0 saturated heterocycles. The predicted octanol–water partition coefficient (Wildman–Crippen LogP) is 4.12. The van der Waals surface area contributed by atoms with Crippen molar-refractivity contribution in [2.24, 2.45) is 5.92 Å². The summed E-state index contributed by atoms with van der Waals surface area (Å²) in [4.78, 5) is 25.8. The summed E-state index contributed by atoms with van der Waals surface area (Å²) >= 11 is 0. The van der Waals surface area contributed by atoms with Gasteiger partial charge in [0.05, 0.1) is 18.4 Å². The lowest BCUT2D eigenvalue weighted by atomic mass is 10.0. The fourth-order valence-electron chi connectivity index (χ4n) is 2.99. The molecule has 150 valence electrons. The van der Waals surface area contributed by atoms with Gasteiger partial charge in [0.25, 0.3) is 0 Å². The number of hydrogen-bond acceptors (Lipinski definition) is 4. The van der Waals surface area contributed by atoms with Crippen LogP contribution in [0.2, 0.25) is 0 Å². The second-order valence-corrected chi connectivity index (χ2v) is 7.23. The van der Waals surface area contributed by atoms with E-state index >= 15 is 0 Å². The van der Waals surface area contributed by atoms with Crippen LogP contribution in [-0.4, -0.2) is 22.8 Å². The molecule has 3 aromatic rings. The Kier molecular flexibility index (Phi) is 5.82. The third-order valence-corrected chi connectivity index (χ3v) is 4.68. The Morgan fingerprint density at radius 3 is 2.34 bits per heavy atom. The van der Waals surface area contributed by atoms with Crippen LogP contribution in [0.4, 0.5) is 5.82 Å². The molecule has 0 aliphatic carbocycles. The van der Waals surface area contributed by atoms with Crippen LogP contribution in [0.3, 0.4) is 0 Å². The first-order chi connectivity index (χ1) is 13.8. The van der Waals surface area contributed by atoms with E-state index < -0.39 is 0 Å². The van der Waals surface area contributed by atoms with Crippen molar-refractivity contribution in [2.75, 3.05) is 12.4 Å². The Hall–Kier alpha value is -3.41. The van der Waals surface area contributed by atoms with Crippen molar-refractivity contribution in [3.05, 3.63) is 70.0 Å². The molecule has 1 heterocycles. The van der Waals surface area contributed by atoms with Gasteiger partial charge in [0.1, 0.15) is 17.3 Å². The lowest BCUT2D eigenvalue weighted by Gasteiger charge is -2.20. The first kappa shape index (κ1) is 20.3. The monoisotopic (exact) mass is 391 g/mol. The minimum absolute atomic E-state index is 0.202. The molecular formula is C23H25N3O3. The molecule has 1 amide bonds. The number of carbonyl (C=O) groups excluding carboxylic acids is 1. The van der Waals surface area contributed by atoms with Gasteiger partial charge in [-0.2, -0.15) is 5.10 Å². The first-order valence-corrected chi connectivity index (χ1v) is 9.48. The van der Waals surface area contributed by atoms with Crippen LogP contribution in [0.15, 0.2) is 53.3 Å². The fourth-order valence-corrected chi connectivity index (χ4v) is 2.99. The van der Waals surface area contributed by atoms with E-state index in [0.29, 0.717) is 28.4 Å². The molecule has 0 unspecified atom stereocenters. The number of benzene rings is 2. The number of ether oxygens (including phenoxy) is 1.